The van der Waals surface area contributed by atoms with E-state index in [1.54, 1.807) is 0 Å². The van der Waals surface area contributed by atoms with Gasteiger partial charge in [-0.3, -0.25) is 9.89 Å². The largest absolute Gasteiger partial charge is 0.298 e. The van der Waals surface area contributed by atoms with Crippen molar-refractivity contribution >= 4 is 5.71 Å². The third kappa shape index (κ3) is 3.39. The van der Waals surface area contributed by atoms with Gasteiger partial charge in [0.2, 0.25) is 0 Å². The van der Waals surface area contributed by atoms with Crippen LogP contribution in [-0.4, -0.2) is 30.7 Å². The van der Waals surface area contributed by atoms with E-state index in [1.807, 2.05) is 14.0 Å². The van der Waals surface area contributed by atoms with Crippen molar-refractivity contribution in [3.63, 3.8) is 0 Å². The highest BCUT2D eigenvalue weighted by molar-refractivity contribution is 5.98. The molecule has 1 unspecified atom stereocenters. The second-order valence-corrected chi connectivity index (χ2v) is 5.31. The normalized spacial score (nSPS) is 20.1. The van der Waals surface area contributed by atoms with Crippen LogP contribution in [0.4, 0.5) is 0 Å². The summed E-state index contributed by atoms with van der Waals surface area (Å²) >= 11 is 0. The van der Waals surface area contributed by atoms with Gasteiger partial charge in [0.15, 0.2) is 0 Å². The number of nitrogens with zero attached hydrogens (tertiary/aromatic N) is 3. The fourth-order valence-electron chi connectivity index (χ4n) is 2.56. The maximum Gasteiger partial charge on any atom is 0.0821 e. The predicted octanol–water partition coefficient (Wildman–Crippen LogP) is 3.23. The van der Waals surface area contributed by atoms with Gasteiger partial charge in [0, 0.05) is 31.8 Å². The molecule has 1 aliphatic heterocycles. The van der Waals surface area contributed by atoms with Crippen molar-refractivity contribution in [2.45, 2.75) is 19.9 Å². The lowest BCUT2D eigenvalue weighted by atomic mass is 10.1. The van der Waals surface area contributed by atoms with Gasteiger partial charge in [-0.25, -0.2) is 0 Å². The van der Waals surface area contributed by atoms with Gasteiger partial charge < -0.3 is 0 Å². The maximum atomic E-state index is 10.5. The first-order valence-electron chi connectivity index (χ1n) is 6.91. The van der Waals surface area contributed by atoms with Gasteiger partial charge >= 0.3 is 0 Å². The molecule has 0 amide bonds. The van der Waals surface area contributed by atoms with Crippen LogP contribution in [-0.2, 0) is 6.54 Å². The molecule has 0 radical (unpaired) electrons. The second kappa shape index (κ2) is 6.57. The minimum absolute atomic E-state index is 0.223. The first-order valence-corrected chi connectivity index (χ1v) is 6.91. The molecule has 1 aromatic carbocycles. The summed E-state index contributed by atoms with van der Waals surface area (Å²) in [5, 5.41) is 2.97. The molecule has 0 bridgehead atoms. The molecule has 0 saturated carbocycles. The smallest absolute Gasteiger partial charge is 0.0821 e. The fourth-order valence-corrected chi connectivity index (χ4v) is 2.56. The molecule has 1 aliphatic rings. The first-order chi connectivity index (χ1) is 9.63. The molecule has 1 heterocycles. The predicted molar refractivity (Wildman–Crippen MR) is 82.9 cm³/mol. The number of benzene rings is 1. The van der Waals surface area contributed by atoms with E-state index in [2.05, 4.69) is 45.9 Å². The minimum atomic E-state index is 0.223. The Bertz CT molecular complexity index is 519. The van der Waals surface area contributed by atoms with E-state index >= 15 is 0 Å². The number of hydrogen-bond acceptors (Lipinski definition) is 4. The summed E-state index contributed by atoms with van der Waals surface area (Å²) in [5.74, 6) is 0.223. The molecule has 0 aliphatic carbocycles. The van der Waals surface area contributed by atoms with E-state index in [-0.39, 0.29) is 5.92 Å². The Morgan fingerprint density at radius 2 is 2.10 bits per heavy atom. The van der Waals surface area contributed by atoms with Crippen molar-refractivity contribution in [2.24, 2.45) is 16.1 Å². The van der Waals surface area contributed by atoms with Gasteiger partial charge in [-0.05, 0) is 36.2 Å². The van der Waals surface area contributed by atoms with E-state index in [4.69, 9.17) is 0 Å². The standard InChI is InChI=1S/C16H21N3O/c1-12(17-3)15-6-4-14(5-7-15)10-19-9-8-16(11-19)13(2)18-20/h4-7,16H,2,8-11H2,1,3H3. The Kier molecular flexibility index (Phi) is 4.79. The molecule has 4 heteroatoms. The van der Waals surface area contributed by atoms with Crippen LogP contribution in [0.1, 0.15) is 24.5 Å². The Hall–Kier alpha value is -1.81. The van der Waals surface area contributed by atoms with Gasteiger partial charge in [-0.15, -0.1) is 4.91 Å². The molecule has 1 saturated heterocycles. The molecule has 1 atom stereocenters. The molecule has 106 valence electrons. The number of rotatable bonds is 5. The van der Waals surface area contributed by atoms with Crippen molar-refractivity contribution < 1.29 is 0 Å². The number of nitroso groups, excluding NO2 is 1. The molecule has 0 aromatic heterocycles. The molecule has 20 heavy (non-hydrogen) atoms. The van der Waals surface area contributed by atoms with Crippen LogP contribution < -0.4 is 0 Å². The van der Waals surface area contributed by atoms with Crippen molar-refractivity contribution in [3.8, 4) is 0 Å². The van der Waals surface area contributed by atoms with Crippen LogP contribution in [0.25, 0.3) is 0 Å². The Balaban J connectivity index is 1.95. The van der Waals surface area contributed by atoms with Crippen molar-refractivity contribution in [1.29, 1.82) is 0 Å². The summed E-state index contributed by atoms with van der Waals surface area (Å²) in [4.78, 5) is 17.0. The lowest BCUT2D eigenvalue weighted by Gasteiger charge is -2.16. The number of likely N-dealkylation sites (tertiary alicyclic amines) is 1. The summed E-state index contributed by atoms with van der Waals surface area (Å²) < 4.78 is 0. The highest BCUT2D eigenvalue weighted by Crippen LogP contribution is 2.24. The molecule has 1 aromatic rings. The number of hydrogen-bond donors (Lipinski definition) is 0. The van der Waals surface area contributed by atoms with Gasteiger partial charge in [0.1, 0.15) is 0 Å². The molecule has 0 N–H and O–H groups in total. The van der Waals surface area contributed by atoms with Crippen molar-refractivity contribution in [1.82, 2.24) is 4.90 Å². The lowest BCUT2D eigenvalue weighted by Crippen LogP contribution is -2.20. The molecule has 0 spiro atoms. The van der Waals surface area contributed by atoms with E-state index in [0.29, 0.717) is 5.70 Å². The van der Waals surface area contributed by atoms with Crippen LogP contribution in [0.15, 0.2) is 46.7 Å². The average molecular weight is 271 g/mol. The molecular weight excluding hydrogens is 250 g/mol. The van der Waals surface area contributed by atoms with Gasteiger partial charge in [0.25, 0.3) is 0 Å². The molecule has 2 rings (SSSR count). The highest BCUT2D eigenvalue weighted by Gasteiger charge is 2.25. The SMILES string of the molecule is C=C(N=O)C1CCN(Cc2ccc(C(C)=NC)cc2)C1. The topological polar surface area (TPSA) is 45.0 Å². The van der Waals surface area contributed by atoms with E-state index in [0.717, 1.165) is 37.3 Å². The molecular formula is C16H21N3O. The first kappa shape index (κ1) is 14.6. The van der Waals surface area contributed by atoms with Crippen molar-refractivity contribution in [3.05, 3.63) is 52.6 Å². The summed E-state index contributed by atoms with van der Waals surface area (Å²) in [6, 6.07) is 8.50. The van der Waals surface area contributed by atoms with Crippen LogP contribution in [0.2, 0.25) is 0 Å². The van der Waals surface area contributed by atoms with E-state index in [1.165, 1.54) is 5.56 Å². The third-order valence-electron chi connectivity index (χ3n) is 3.97. The molecule has 4 nitrogen and oxygen atoms in total. The second-order valence-electron chi connectivity index (χ2n) is 5.31. The van der Waals surface area contributed by atoms with Crippen LogP contribution in [0.3, 0.4) is 0 Å². The third-order valence-corrected chi connectivity index (χ3v) is 3.97. The summed E-state index contributed by atoms with van der Waals surface area (Å²) in [6.45, 7) is 8.51. The summed E-state index contributed by atoms with van der Waals surface area (Å²) in [7, 11) is 1.81. The Morgan fingerprint density at radius 3 is 2.70 bits per heavy atom. The summed E-state index contributed by atoms with van der Waals surface area (Å²) in [5.41, 5.74) is 3.97. The summed E-state index contributed by atoms with van der Waals surface area (Å²) in [6.07, 6.45) is 0.976. The van der Waals surface area contributed by atoms with Crippen LogP contribution in [0, 0.1) is 10.8 Å². The maximum absolute atomic E-state index is 10.5. The van der Waals surface area contributed by atoms with E-state index < -0.39 is 0 Å². The number of aliphatic imine (C=N–C) groups is 1. The Labute approximate surface area is 120 Å². The monoisotopic (exact) mass is 271 g/mol. The van der Waals surface area contributed by atoms with Gasteiger partial charge in [0.05, 0.1) is 5.70 Å². The highest BCUT2D eigenvalue weighted by atomic mass is 16.3. The quantitative estimate of drug-likeness (QED) is 0.609. The zero-order valence-corrected chi connectivity index (χ0v) is 12.2. The minimum Gasteiger partial charge on any atom is -0.298 e. The molecule has 1 fully saturated rings. The van der Waals surface area contributed by atoms with Crippen LogP contribution >= 0.6 is 0 Å². The fraction of sp³-hybridized carbons (Fsp3) is 0.438. The van der Waals surface area contributed by atoms with Crippen LogP contribution in [0.5, 0.6) is 0 Å². The van der Waals surface area contributed by atoms with E-state index in [9.17, 15) is 4.91 Å². The lowest BCUT2D eigenvalue weighted by molar-refractivity contribution is 0.322. The Morgan fingerprint density at radius 1 is 1.40 bits per heavy atom. The average Bonchev–Trinajstić information content (AvgIpc) is 2.95. The van der Waals surface area contributed by atoms with Gasteiger partial charge in [-0.1, -0.05) is 30.8 Å². The zero-order chi connectivity index (χ0) is 14.5. The van der Waals surface area contributed by atoms with Gasteiger partial charge in [-0.2, -0.15) is 0 Å². The van der Waals surface area contributed by atoms with Crippen molar-refractivity contribution in [2.75, 3.05) is 20.1 Å². The zero-order valence-electron chi connectivity index (χ0n) is 12.2.